The van der Waals surface area contributed by atoms with Crippen LogP contribution in [0.5, 0.6) is 5.75 Å². The molecule has 0 spiro atoms. The van der Waals surface area contributed by atoms with Crippen molar-refractivity contribution in [3.8, 4) is 5.75 Å². The lowest BCUT2D eigenvalue weighted by Gasteiger charge is -2.31. The van der Waals surface area contributed by atoms with Gasteiger partial charge in [-0.3, -0.25) is 4.79 Å². The van der Waals surface area contributed by atoms with E-state index in [1.165, 1.54) is 30.9 Å². The number of likely N-dealkylation sites (tertiary alicyclic amines) is 1. The molecule has 5 heteroatoms. The maximum Gasteiger partial charge on any atom is 0.225 e. The van der Waals surface area contributed by atoms with E-state index < -0.39 is 5.82 Å². The van der Waals surface area contributed by atoms with E-state index in [0.717, 1.165) is 37.7 Å². The van der Waals surface area contributed by atoms with E-state index in [0.29, 0.717) is 6.42 Å². The highest BCUT2D eigenvalue weighted by Crippen LogP contribution is 2.23. The number of amides is 1. The molecule has 1 fully saturated rings. The van der Waals surface area contributed by atoms with Gasteiger partial charge in [0, 0.05) is 13.0 Å². The average Bonchev–Trinajstić information content (AvgIpc) is 2.73. The fraction of sp³-hybridized carbons (Fsp3) is 0.435. The van der Waals surface area contributed by atoms with Gasteiger partial charge in [0.25, 0.3) is 0 Å². The van der Waals surface area contributed by atoms with Gasteiger partial charge >= 0.3 is 0 Å². The summed E-state index contributed by atoms with van der Waals surface area (Å²) in [6.07, 6.45) is 5.04. The van der Waals surface area contributed by atoms with Gasteiger partial charge in [-0.1, -0.05) is 24.3 Å². The summed E-state index contributed by atoms with van der Waals surface area (Å²) in [5.41, 5.74) is 1.61. The predicted molar refractivity (Wildman–Crippen MR) is 110 cm³/mol. The Bertz CT molecular complexity index is 755. The van der Waals surface area contributed by atoms with Crippen molar-refractivity contribution < 1.29 is 13.9 Å². The van der Waals surface area contributed by atoms with E-state index in [2.05, 4.69) is 22.3 Å². The fourth-order valence-electron chi connectivity index (χ4n) is 3.70. The number of para-hydroxylation sites is 1. The Morgan fingerprint density at radius 3 is 2.54 bits per heavy atom. The number of nitrogens with zero attached hydrogens (tertiary/aromatic N) is 1. The molecule has 1 N–H and O–H groups in total. The van der Waals surface area contributed by atoms with Gasteiger partial charge in [0.05, 0.1) is 12.8 Å². The average molecular weight is 384 g/mol. The predicted octanol–water partition coefficient (Wildman–Crippen LogP) is 4.51. The van der Waals surface area contributed by atoms with Crippen molar-refractivity contribution in [3.63, 3.8) is 0 Å². The Balaban J connectivity index is 1.33. The first-order valence-corrected chi connectivity index (χ1v) is 10.0. The number of aryl methyl sites for hydroxylation is 1. The number of methoxy groups -OCH3 is 1. The Kier molecular flexibility index (Phi) is 7.43. The van der Waals surface area contributed by atoms with E-state index in [-0.39, 0.29) is 11.6 Å². The molecule has 0 unspecified atom stereocenters. The van der Waals surface area contributed by atoms with Crippen molar-refractivity contribution >= 4 is 11.6 Å². The standard InChI is InChI=1S/C23H29FN2O2/c1-28-20-10-8-18(9-11-20)6-7-19-12-15-26(16-13-19)17-14-23(27)25-22-5-3-2-4-21(22)24/h2-5,8-11,19H,6-7,12-17H2,1H3,(H,25,27). The highest BCUT2D eigenvalue weighted by molar-refractivity contribution is 5.90. The van der Waals surface area contributed by atoms with Gasteiger partial charge in [0.1, 0.15) is 11.6 Å². The van der Waals surface area contributed by atoms with Gasteiger partial charge in [-0.05, 0) is 74.5 Å². The molecule has 2 aromatic carbocycles. The first kappa shape index (κ1) is 20.3. The summed E-state index contributed by atoms with van der Waals surface area (Å²) in [5.74, 6) is 1.11. The number of hydrogen-bond donors (Lipinski definition) is 1. The number of piperidine rings is 1. The van der Waals surface area contributed by atoms with Crippen LogP contribution in [0.25, 0.3) is 0 Å². The first-order valence-electron chi connectivity index (χ1n) is 10.0. The molecule has 1 aliphatic rings. The molecule has 0 aliphatic carbocycles. The van der Waals surface area contributed by atoms with Gasteiger partial charge in [-0.15, -0.1) is 0 Å². The Morgan fingerprint density at radius 2 is 1.86 bits per heavy atom. The molecular formula is C23H29FN2O2. The molecule has 0 atom stereocenters. The van der Waals surface area contributed by atoms with Crippen LogP contribution in [0.4, 0.5) is 10.1 Å². The lowest BCUT2D eigenvalue weighted by atomic mass is 9.90. The Hall–Kier alpha value is -2.40. The molecule has 1 heterocycles. The lowest BCUT2D eigenvalue weighted by molar-refractivity contribution is -0.116. The number of carbonyl (C=O) groups excluding carboxylic acids is 1. The van der Waals surface area contributed by atoms with Crippen LogP contribution in [0.1, 0.15) is 31.2 Å². The zero-order chi connectivity index (χ0) is 19.8. The van der Waals surface area contributed by atoms with Crippen LogP contribution < -0.4 is 10.1 Å². The van der Waals surface area contributed by atoms with Gasteiger partial charge in [-0.25, -0.2) is 4.39 Å². The van der Waals surface area contributed by atoms with Crippen molar-refractivity contribution in [3.05, 3.63) is 59.9 Å². The molecule has 2 aromatic rings. The fourth-order valence-corrected chi connectivity index (χ4v) is 3.70. The summed E-state index contributed by atoms with van der Waals surface area (Å²) >= 11 is 0. The number of rotatable bonds is 8. The van der Waals surface area contributed by atoms with Crippen molar-refractivity contribution in [1.29, 1.82) is 0 Å². The zero-order valence-electron chi connectivity index (χ0n) is 16.5. The molecule has 4 nitrogen and oxygen atoms in total. The second-order valence-electron chi connectivity index (χ2n) is 7.45. The molecule has 0 aromatic heterocycles. The number of anilines is 1. The van der Waals surface area contributed by atoms with E-state index in [4.69, 9.17) is 4.74 Å². The van der Waals surface area contributed by atoms with Crippen LogP contribution in [-0.4, -0.2) is 37.6 Å². The number of halogens is 1. The minimum Gasteiger partial charge on any atom is -0.497 e. The van der Waals surface area contributed by atoms with Crippen LogP contribution in [-0.2, 0) is 11.2 Å². The van der Waals surface area contributed by atoms with E-state index in [1.807, 2.05) is 12.1 Å². The third-order valence-electron chi connectivity index (χ3n) is 5.51. The van der Waals surface area contributed by atoms with Gasteiger partial charge < -0.3 is 15.0 Å². The van der Waals surface area contributed by atoms with Crippen molar-refractivity contribution in [2.24, 2.45) is 5.92 Å². The molecule has 0 saturated carbocycles. The van der Waals surface area contributed by atoms with E-state index >= 15 is 0 Å². The lowest BCUT2D eigenvalue weighted by Crippen LogP contribution is -2.36. The van der Waals surface area contributed by atoms with E-state index in [9.17, 15) is 9.18 Å². The molecular weight excluding hydrogens is 355 g/mol. The first-order chi connectivity index (χ1) is 13.6. The Labute approximate surface area is 166 Å². The number of ether oxygens (including phenoxy) is 1. The maximum absolute atomic E-state index is 13.6. The van der Waals surface area contributed by atoms with Crippen LogP contribution in [0.2, 0.25) is 0 Å². The molecule has 1 saturated heterocycles. The van der Waals surface area contributed by atoms with Crippen molar-refractivity contribution in [2.75, 3.05) is 32.1 Å². The van der Waals surface area contributed by atoms with Gasteiger partial charge in [-0.2, -0.15) is 0 Å². The number of hydrogen-bond acceptors (Lipinski definition) is 3. The summed E-state index contributed by atoms with van der Waals surface area (Å²) in [4.78, 5) is 14.4. The maximum atomic E-state index is 13.6. The largest absolute Gasteiger partial charge is 0.497 e. The molecule has 1 amide bonds. The monoisotopic (exact) mass is 384 g/mol. The van der Waals surface area contributed by atoms with Crippen LogP contribution >= 0.6 is 0 Å². The number of nitrogens with one attached hydrogen (secondary N) is 1. The topological polar surface area (TPSA) is 41.6 Å². The number of benzene rings is 2. The van der Waals surface area contributed by atoms with Crippen molar-refractivity contribution in [2.45, 2.75) is 32.1 Å². The molecule has 0 bridgehead atoms. The summed E-state index contributed by atoms with van der Waals surface area (Å²) in [6, 6.07) is 14.6. The van der Waals surface area contributed by atoms with E-state index in [1.54, 1.807) is 25.3 Å². The summed E-state index contributed by atoms with van der Waals surface area (Å²) in [7, 11) is 1.69. The van der Waals surface area contributed by atoms with Crippen molar-refractivity contribution in [1.82, 2.24) is 4.90 Å². The third-order valence-corrected chi connectivity index (χ3v) is 5.51. The molecule has 1 aliphatic heterocycles. The van der Waals surface area contributed by atoms with Gasteiger partial charge in [0.2, 0.25) is 5.91 Å². The molecule has 3 rings (SSSR count). The van der Waals surface area contributed by atoms with Crippen LogP contribution in [0.3, 0.4) is 0 Å². The number of carbonyl (C=O) groups is 1. The minimum absolute atomic E-state index is 0.133. The van der Waals surface area contributed by atoms with Crippen LogP contribution in [0.15, 0.2) is 48.5 Å². The third kappa shape index (κ3) is 6.06. The highest BCUT2D eigenvalue weighted by Gasteiger charge is 2.19. The highest BCUT2D eigenvalue weighted by atomic mass is 19.1. The molecule has 150 valence electrons. The molecule has 0 radical (unpaired) electrons. The summed E-state index contributed by atoms with van der Waals surface area (Å²) in [6.45, 7) is 2.78. The second kappa shape index (κ2) is 10.2. The zero-order valence-corrected chi connectivity index (χ0v) is 16.5. The molecule has 28 heavy (non-hydrogen) atoms. The second-order valence-corrected chi connectivity index (χ2v) is 7.45. The quantitative estimate of drug-likeness (QED) is 0.728. The summed E-state index contributed by atoms with van der Waals surface area (Å²) in [5, 5.41) is 2.66. The normalized spacial score (nSPS) is 15.4. The van der Waals surface area contributed by atoms with Gasteiger partial charge in [0.15, 0.2) is 0 Å². The summed E-state index contributed by atoms with van der Waals surface area (Å²) < 4.78 is 18.8. The minimum atomic E-state index is -0.395. The SMILES string of the molecule is COc1ccc(CCC2CCN(CCC(=O)Nc3ccccc3F)CC2)cc1. The Morgan fingerprint density at radius 1 is 1.14 bits per heavy atom. The smallest absolute Gasteiger partial charge is 0.225 e. The van der Waals surface area contributed by atoms with Crippen LogP contribution in [0, 0.1) is 11.7 Å².